The zero-order valence-electron chi connectivity index (χ0n) is 31.2. The van der Waals surface area contributed by atoms with Gasteiger partial charge in [0.1, 0.15) is 0 Å². The average molecular weight is 706 g/mol. The number of nitrogens with zero attached hydrogens (tertiary/aromatic N) is 3. The first-order valence-electron chi connectivity index (χ1n) is 19.2. The van der Waals surface area contributed by atoms with Crippen LogP contribution in [0.5, 0.6) is 0 Å². The molecule has 0 radical (unpaired) electrons. The number of fused-ring (bicyclic) bond motifs is 10. The number of hydrogen-bond donors (Lipinski definition) is 0. The first-order chi connectivity index (χ1) is 26.9. The summed E-state index contributed by atoms with van der Waals surface area (Å²) in [6.07, 6.45) is 0. The third-order valence-electron chi connectivity index (χ3n) is 11.6. The summed E-state index contributed by atoms with van der Waals surface area (Å²) in [6, 6.07) is 67.0. The van der Waals surface area contributed by atoms with Crippen LogP contribution < -0.4 is 0 Å². The summed E-state index contributed by atoms with van der Waals surface area (Å²) < 4.78 is 7.34. The monoisotopic (exact) mass is 705 g/mol. The lowest BCUT2D eigenvalue weighted by molar-refractivity contribution is 0.590. The lowest BCUT2D eigenvalue weighted by Gasteiger charge is -2.19. The molecule has 0 bridgehead atoms. The SMILES string of the molecule is CC(C)(C)c1ccc(-c2cccc(-n3c4ccccc4c4cc(-n5c6ccccc6c6ccc7c(c8ccccc8n7-c7ccccc7)c65)ccc43)c2)cc1. The van der Waals surface area contributed by atoms with Gasteiger partial charge in [0.15, 0.2) is 0 Å². The van der Waals surface area contributed by atoms with E-state index in [2.05, 4.69) is 216 Å². The molecular weight excluding hydrogens is 667 g/mol. The number of aromatic nitrogens is 3. The predicted octanol–water partition coefficient (Wildman–Crippen LogP) is 13.9. The van der Waals surface area contributed by atoms with E-state index in [9.17, 15) is 0 Å². The molecule has 0 aliphatic rings. The van der Waals surface area contributed by atoms with Crippen LogP contribution in [0.2, 0.25) is 0 Å². The number of benzene rings is 8. The van der Waals surface area contributed by atoms with Crippen LogP contribution in [-0.4, -0.2) is 13.7 Å². The molecule has 3 heteroatoms. The van der Waals surface area contributed by atoms with E-state index in [1.54, 1.807) is 0 Å². The van der Waals surface area contributed by atoms with Gasteiger partial charge in [0.25, 0.3) is 0 Å². The predicted molar refractivity (Wildman–Crippen MR) is 234 cm³/mol. The minimum atomic E-state index is 0.120. The maximum absolute atomic E-state index is 2.50. The van der Waals surface area contributed by atoms with Crippen molar-refractivity contribution in [2.45, 2.75) is 26.2 Å². The lowest BCUT2D eigenvalue weighted by Crippen LogP contribution is -2.10. The first-order valence-corrected chi connectivity index (χ1v) is 19.2. The van der Waals surface area contributed by atoms with E-state index in [1.807, 2.05) is 0 Å². The van der Waals surface area contributed by atoms with Crippen LogP contribution in [0.15, 0.2) is 182 Å². The highest BCUT2D eigenvalue weighted by molar-refractivity contribution is 6.26. The van der Waals surface area contributed by atoms with Crippen molar-refractivity contribution in [1.82, 2.24) is 13.7 Å². The molecule has 262 valence electrons. The molecule has 3 heterocycles. The molecule has 0 N–H and O–H groups in total. The van der Waals surface area contributed by atoms with E-state index in [-0.39, 0.29) is 5.41 Å². The Balaban J connectivity index is 1.16. The van der Waals surface area contributed by atoms with Crippen molar-refractivity contribution in [2.24, 2.45) is 0 Å². The topological polar surface area (TPSA) is 14.8 Å². The highest BCUT2D eigenvalue weighted by Gasteiger charge is 2.22. The first kappa shape index (κ1) is 31.7. The van der Waals surface area contributed by atoms with E-state index < -0.39 is 0 Å². The summed E-state index contributed by atoms with van der Waals surface area (Å²) in [5.41, 5.74) is 14.6. The zero-order valence-corrected chi connectivity index (χ0v) is 31.2. The Bertz CT molecular complexity index is 3270. The summed E-state index contributed by atoms with van der Waals surface area (Å²) in [4.78, 5) is 0. The maximum atomic E-state index is 2.50. The third-order valence-corrected chi connectivity index (χ3v) is 11.6. The standard InChI is InChI=1S/C52H39N3/c1-52(2,3)36-26-24-34(25-27-36)35-14-13-17-38(32-35)54-45-21-10-8-19-41(45)44-33-39(28-30-48(44)54)55-46-22-11-7-18-40(46)42-29-31-49-50(51(42)55)43-20-9-12-23-47(43)53(49)37-15-5-4-6-16-37/h4-33H,1-3H3. The third kappa shape index (κ3) is 4.76. The molecule has 55 heavy (non-hydrogen) atoms. The van der Waals surface area contributed by atoms with Crippen LogP contribution in [0.1, 0.15) is 26.3 Å². The fourth-order valence-electron chi connectivity index (χ4n) is 9.00. The van der Waals surface area contributed by atoms with E-state index in [0.29, 0.717) is 0 Å². The van der Waals surface area contributed by atoms with Crippen LogP contribution in [0.4, 0.5) is 0 Å². The second kappa shape index (κ2) is 11.8. The molecule has 0 fully saturated rings. The van der Waals surface area contributed by atoms with Crippen LogP contribution in [-0.2, 0) is 5.41 Å². The molecule has 8 aromatic carbocycles. The van der Waals surface area contributed by atoms with Crippen molar-refractivity contribution in [3.63, 3.8) is 0 Å². The minimum absolute atomic E-state index is 0.120. The highest BCUT2D eigenvalue weighted by Crippen LogP contribution is 2.43. The van der Waals surface area contributed by atoms with Crippen molar-refractivity contribution < 1.29 is 0 Å². The molecular formula is C52H39N3. The Morgan fingerprint density at radius 3 is 1.60 bits per heavy atom. The Hall–Kier alpha value is -6.84. The van der Waals surface area contributed by atoms with Gasteiger partial charge in [0, 0.05) is 49.4 Å². The van der Waals surface area contributed by atoms with Gasteiger partial charge < -0.3 is 13.7 Å². The summed E-state index contributed by atoms with van der Waals surface area (Å²) in [5, 5.41) is 7.51. The number of hydrogen-bond acceptors (Lipinski definition) is 0. The Labute approximate surface area is 319 Å². The molecule has 0 aliphatic heterocycles. The minimum Gasteiger partial charge on any atom is -0.309 e. The Kier molecular flexibility index (Phi) is 6.81. The fourth-order valence-corrected chi connectivity index (χ4v) is 9.00. The van der Waals surface area contributed by atoms with Crippen molar-refractivity contribution in [3.05, 3.63) is 188 Å². The largest absolute Gasteiger partial charge is 0.309 e. The second-order valence-corrected chi connectivity index (χ2v) is 15.8. The van der Waals surface area contributed by atoms with Crippen LogP contribution in [0.3, 0.4) is 0 Å². The summed E-state index contributed by atoms with van der Waals surface area (Å²) in [7, 11) is 0. The van der Waals surface area contributed by atoms with Gasteiger partial charge in [-0.25, -0.2) is 0 Å². The summed E-state index contributed by atoms with van der Waals surface area (Å²) in [5.74, 6) is 0. The molecule has 3 aromatic heterocycles. The zero-order chi connectivity index (χ0) is 36.8. The summed E-state index contributed by atoms with van der Waals surface area (Å²) in [6.45, 7) is 6.80. The molecule has 0 amide bonds. The molecule has 0 spiro atoms. The van der Waals surface area contributed by atoms with Gasteiger partial charge in [-0.3, -0.25) is 0 Å². The van der Waals surface area contributed by atoms with Gasteiger partial charge in [0.2, 0.25) is 0 Å². The number of rotatable bonds is 4. The average Bonchev–Trinajstić information content (AvgIpc) is 3.86. The maximum Gasteiger partial charge on any atom is 0.0641 e. The van der Waals surface area contributed by atoms with E-state index in [4.69, 9.17) is 0 Å². The van der Waals surface area contributed by atoms with E-state index in [0.717, 1.165) is 17.1 Å². The van der Waals surface area contributed by atoms with Gasteiger partial charge in [-0.1, -0.05) is 136 Å². The molecule has 0 saturated heterocycles. The normalized spacial score (nSPS) is 12.3. The van der Waals surface area contributed by atoms with Gasteiger partial charge >= 0.3 is 0 Å². The molecule has 0 aliphatic carbocycles. The molecule has 0 unspecified atom stereocenters. The summed E-state index contributed by atoms with van der Waals surface area (Å²) >= 11 is 0. The van der Waals surface area contributed by atoms with Gasteiger partial charge in [-0.2, -0.15) is 0 Å². The van der Waals surface area contributed by atoms with Crippen LogP contribution >= 0.6 is 0 Å². The van der Waals surface area contributed by atoms with E-state index in [1.165, 1.54) is 82.1 Å². The second-order valence-electron chi connectivity index (χ2n) is 15.8. The fraction of sp³-hybridized carbons (Fsp3) is 0.0769. The van der Waals surface area contributed by atoms with Crippen LogP contribution in [0, 0.1) is 0 Å². The van der Waals surface area contributed by atoms with Gasteiger partial charge in [0.05, 0.1) is 33.1 Å². The number of para-hydroxylation sites is 4. The van der Waals surface area contributed by atoms with Crippen molar-refractivity contribution >= 4 is 65.4 Å². The van der Waals surface area contributed by atoms with Crippen molar-refractivity contribution in [2.75, 3.05) is 0 Å². The van der Waals surface area contributed by atoms with E-state index >= 15 is 0 Å². The van der Waals surface area contributed by atoms with Crippen LogP contribution in [0.25, 0.3) is 93.6 Å². The van der Waals surface area contributed by atoms with Gasteiger partial charge in [-0.15, -0.1) is 0 Å². The Morgan fingerprint density at radius 2 is 0.873 bits per heavy atom. The van der Waals surface area contributed by atoms with Crippen molar-refractivity contribution in [3.8, 4) is 28.2 Å². The molecule has 11 aromatic rings. The van der Waals surface area contributed by atoms with Gasteiger partial charge in [-0.05, 0) is 88.8 Å². The Morgan fingerprint density at radius 1 is 0.327 bits per heavy atom. The van der Waals surface area contributed by atoms with Crippen molar-refractivity contribution in [1.29, 1.82) is 0 Å². The smallest absolute Gasteiger partial charge is 0.0641 e. The molecule has 3 nitrogen and oxygen atoms in total. The molecule has 0 atom stereocenters. The lowest BCUT2D eigenvalue weighted by atomic mass is 9.86. The highest BCUT2D eigenvalue weighted by atomic mass is 15.0. The molecule has 11 rings (SSSR count). The molecule has 0 saturated carbocycles. The quantitative estimate of drug-likeness (QED) is 0.173.